The maximum atomic E-state index is 12.3. The van der Waals surface area contributed by atoms with E-state index in [0.717, 1.165) is 6.07 Å². The minimum Gasteiger partial charge on any atom is -0.503 e. The van der Waals surface area contributed by atoms with Gasteiger partial charge < -0.3 is 9.84 Å². The summed E-state index contributed by atoms with van der Waals surface area (Å²) in [6, 6.07) is 2.67. The average molecular weight is 200 g/mol. The Bertz CT molecular complexity index is 388. The van der Waals surface area contributed by atoms with Crippen LogP contribution < -0.4 is 4.74 Å². The maximum absolute atomic E-state index is 12.3. The molecule has 0 spiro atoms. The Kier molecular flexibility index (Phi) is 2.82. The first kappa shape index (κ1) is 10.2. The van der Waals surface area contributed by atoms with Gasteiger partial charge in [-0.15, -0.1) is 0 Å². The Hall–Kier alpha value is -1.90. The van der Waals surface area contributed by atoms with E-state index in [0.29, 0.717) is 0 Å². The summed E-state index contributed by atoms with van der Waals surface area (Å²) < 4.78 is 29.2. The third kappa shape index (κ3) is 1.71. The van der Waals surface area contributed by atoms with Crippen LogP contribution >= 0.6 is 0 Å². The van der Waals surface area contributed by atoms with Gasteiger partial charge in [0.2, 0.25) is 0 Å². The highest BCUT2D eigenvalue weighted by Crippen LogP contribution is 2.34. The molecule has 0 fully saturated rings. The number of aromatic hydroxyl groups is 1. The zero-order valence-corrected chi connectivity index (χ0v) is 7.16. The quantitative estimate of drug-likeness (QED) is 0.787. The first-order chi connectivity index (χ1) is 6.60. The smallest absolute Gasteiger partial charge is 0.284 e. The number of nitrogens with zero attached hydrogens (tertiary/aromatic N) is 2. The Labute approximate surface area is 78.4 Å². The summed E-state index contributed by atoms with van der Waals surface area (Å²) in [7, 11) is 1.20. The second kappa shape index (κ2) is 3.87. The molecule has 1 N–H and O–H groups in total. The lowest BCUT2D eigenvalue weighted by molar-refractivity contribution is 0.141. The summed E-state index contributed by atoms with van der Waals surface area (Å²) >= 11 is 0. The van der Waals surface area contributed by atoms with E-state index in [-0.39, 0.29) is 11.4 Å². The molecule has 0 aliphatic carbocycles. The molecular formula is C8H6F2N2O2. The molecule has 14 heavy (non-hydrogen) atoms. The molecular weight excluding hydrogens is 194 g/mol. The molecule has 0 radical (unpaired) electrons. The number of aromatic nitrogens is 1. The van der Waals surface area contributed by atoms with Gasteiger partial charge in [0.05, 0.1) is 7.11 Å². The van der Waals surface area contributed by atoms with E-state index >= 15 is 0 Å². The summed E-state index contributed by atoms with van der Waals surface area (Å²) in [6.07, 6.45) is -2.95. The predicted molar refractivity (Wildman–Crippen MR) is 42.1 cm³/mol. The van der Waals surface area contributed by atoms with Crippen LogP contribution in [0.1, 0.15) is 17.8 Å². The van der Waals surface area contributed by atoms with Crippen molar-refractivity contribution in [1.82, 2.24) is 4.98 Å². The van der Waals surface area contributed by atoms with Crippen LogP contribution in [0.2, 0.25) is 0 Å². The maximum Gasteiger partial charge on any atom is 0.284 e. The van der Waals surface area contributed by atoms with Crippen molar-refractivity contribution in [3.8, 4) is 17.6 Å². The lowest BCUT2D eigenvalue weighted by Gasteiger charge is -2.07. The van der Waals surface area contributed by atoms with Crippen molar-refractivity contribution in [3.05, 3.63) is 17.5 Å². The number of rotatable bonds is 2. The van der Waals surface area contributed by atoms with E-state index in [4.69, 9.17) is 5.26 Å². The van der Waals surface area contributed by atoms with Crippen molar-refractivity contribution in [1.29, 1.82) is 5.26 Å². The zero-order chi connectivity index (χ0) is 10.7. The van der Waals surface area contributed by atoms with Crippen molar-refractivity contribution in [2.75, 3.05) is 7.11 Å². The van der Waals surface area contributed by atoms with Gasteiger partial charge in [-0.1, -0.05) is 0 Å². The van der Waals surface area contributed by atoms with Crippen molar-refractivity contribution in [2.24, 2.45) is 0 Å². The van der Waals surface area contributed by atoms with E-state index in [1.165, 1.54) is 7.11 Å². The highest BCUT2D eigenvalue weighted by Gasteiger charge is 2.19. The molecule has 6 heteroatoms. The van der Waals surface area contributed by atoms with Crippen LogP contribution in [0.25, 0.3) is 0 Å². The standard InChI is InChI=1S/C8H6F2N2O2/c1-14-5-2-4(3-11)12-6(7(5)13)8(9)10/h2,8,13H,1H3. The minimum absolute atomic E-state index is 0.188. The molecule has 74 valence electrons. The van der Waals surface area contributed by atoms with Crippen LogP contribution in [0.3, 0.4) is 0 Å². The fourth-order valence-electron chi connectivity index (χ4n) is 0.899. The molecule has 0 bridgehead atoms. The van der Waals surface area contributed by atoms with E-state index < -0.39 is 17.9 Å². The first-order valence-electron chi connectivity index (χ1n) is 3.56. The molecule has 1 heterocycles. The fraction of sp³-hybridized carbons (Fsp3) is 0.250. The van der Waals surface area contributed by atoms with Gasteiger partial charge in [0, 0.05) is 6.07 Å². The third-order valence-corrected chi connectivity index (χ3v) is 1.53. The van der Waals surface area contributed by atoms with Gasteiger partial charge in [-0.2, -0.15) is 5.26 Å². The van der Waals surface area contributed by atoms with Crippen molar-refractivity contribution < 1.29 is 18.6 Å². The van der Waals surface area contributed by atoms with Crippen LogP contribution in [0, 0.1) is 11.3 Å². The van der Waals surface area contributed by atoms with Gasteiger partial charge in [-0.05, 0) is 0 Å². The molecule has 0 amide bonds. The summed E-state index contributed by atoms with van der Waals surface area (Å²) in [5, 5.41) is 17.7. The Morgan fingerprint density at radius 2 is 2.29 bits per heavy atom. The van der Waals surface area contributed by atoms with Crippen LogP contribution in [0.4, 0.5) is 8.78 Å². The van der Waals surface area contributed by atoms with Crippen molar-refractivity contribution in [3.63, 3.8) is 0 Å². The molecule has 4 nitrogen and oxygen atoms in total. The SMILES string of the molecule is COc1cc(C#N)nc(C(F)F)c1O. The number of hydrogen-bond acceptors (Lipinski definition) is 4. The first-order valence-corrected chi connectivity index (χ1v) is 3.56. The summed E-state index contributed by atoms with van der Waals surface area (Å²) in [5.74, 6) is -0.923. The lowest BCUT2D eigenvalue weighted by atomic mass is 10.2. The largest absolute Gasteiger partial charge is 0.503 e. The van der Waals surface area contributed by atoms with E-state index in [1.54, 1.807) is 6.07 Å². The van der Waals surface area contributed by atoms with Crippen molar-refractivity contribution in [2.45, 2.75) is 6.43 Å². The normalized spacial score (nSPS) is 9.93. The highest BCUT2D eigenvalue weighted by atomic mass is 19.3. The average Bonchev–Trinajstić information content (AvgIpc) is 2.17. The van der Waals surface area contributed by atoms with Crippen LogP contribution in [-0.4, -0.2) is 17.2 Å². The van der Waals surface area contributed by atoms with E-state index in [9.17, 15) is 13.9 Å². The van der Waals surface area contributed by atoms with Gasteiger partial charge in [-0.3, -0.25) is 0 Å². The molecule has 0 saturated heterocycles. The van der Waals surface area contributed by atoms with Gasteiger partial charge in [0.1, 0.15) is 11.8 Å². The van der Waals surface area contributed by atoms with Crippen LogP contribution in [-0.2, 0) is 0 Å². The zero-order valence-electron chi connectivity index (χ0n) is 7.16. The van der Waals surface area contributed by atoms with Gasteiger partial charge >= 0.3 is 0 Å². The number of nitriles is 1. The van der Waals surface area contributed by atoms with Crippen molar-refractivity contribution >= 4 is 0 Å². The molecule has 0 unspecified atom stereocenters. The number of pyridine rings is 1. The molecule has 1 aromatic heterocycles. The molecule has 0 aromatic carbocycles. The lowest BCUT2D eigenvalue weighted by Crippen LogP contribution is -1.97. The summed E-state index contributed by atoms with van der Waals surface area (Å²) in [6.45, 7) is 0. The number of methoxy groups -OCH3 is 1. The number of hydrogen-bond donors (Lipinski definition) is 1. The Balaban J connectivity index is 3.36. The monoisotopic (exact) mass is 200 g/mol. The Morgan fingerprint density at radius 1 is 1.64 bits per heavy atom. The van der Waals surface area contributed by atoms with Crippen LogP contribution in [0.5, 0.6) is 11.5 Å². The molecule has 1 rings (SSSR count). The van der Waals surface area contributed by atoms with Gasteiger partial charge in [0.15, 0.2) is 17.2 Å². The van der Waals surface area contributed by atoms with E-state index in [2.05, 4.69) is 9.72 Å². The minimum atomic E-state index is -2.95. The Morgan fingerprint density at radius 3 is 2.71 bits per heavy atom. The highest BCUT2D eigenvalue weighted by molar-refractivity contribution is 5.46. The second-order valence-electron chi connectivity index (χ2n) is 2.36. The number of alkyl halides is 2. The van der Waals surface area contributed by atoms with E-state index in [1.807, 2.05) is 0 Å². The second-order valence-corrected chi connectivity index (χ2v) is 2.36. The third-order valence-electron chi connectivity index (χ3n) is 1.53. The molecule has 0 saturated carbocycles. The predicted octanol–water partition coefficient (Wildman–Crippen LogP) is 1.61. The topological polar surface area (TPSA) is 66.1 Å². The van der Waals surface area contributed by atoms with Crippen LogP contribution in [0.15, 0.2) is 6.07 Å². The molecule has 0 aliphatic rings. The summed E-state index contributed by atoms with van der Waals surface area (Å²) in [5.41, 5.74) is -1.07. The fourth-order valence-corrected chi connectivity index (χ4v) is 0.899. The van der Waals surface area contributed by atoms with Gasteiger partial charge in [-0.25, -0.2) is 13.8 Å². The molecule has 0 aliphatic heterocycles. The molecule has 0 atom stereocenters. The molecule has 1 aromatic rings. The van der Waals surface area contributed by atoms with Gasteiger partial charge in [0.25, 0.3) is 6.43 Å². The number of ether oxygens (including phenoxy) is 1. The number of halogens is 2. The summed E-state index contributed by atoms with van der Waals surface area (Å²) in [4.78, 5) is 3.26.